The maximum Gasteiger partial charge on any atom is 0.331 e. The molecule has 1 saturated carbocycles. The smallest absolute Gasteiger partial charge is 0.331 e. The van der Waals surface area contributed by atoms with Gasteiger partial charge in [-0.25, -0.2) is 9.78 Å². The van der Waals surface area contributed by atoms with E-state index in [1.165, 1.54) is 11.3 Å². The van der Waals surface area contributed by atoms with Gasteiger partial charge in [0.05, 0.1) is 27.3 Å². The standard InChI is InChI=1S/C31H31N5O3S/c1-4-26(37)34-21-11-10-20(17-21)33-19(3)29-28-27-25(14-15-32-30(27)40-29)36(31(38)35-28)24-13-12-23(16-18(24)2)39-22-8-6-5-7-9-22/h5-9,12-16,20-21,33H,3-4,10-11,17H2,1-2H3,(H,34,37)(H,35,38). The molecule has 9 heteroatoms. The quantitative estimate of drug-likeness (QED) is 0.217. The van der Waals surface area contributed by atoms with Crippen molar-refractivity contribution in [1.82, 2.24) is 15.6 Å². The van der Waals surface area contributed by atoms with Crippen molar-refractivity contribution in [3.8, 4) is 11.5 Å². The highest BCUT2D eigenvalue weighted by atomic mass is 32.1. The maximum absolute atomic E-state index is 13.6. The molecule has 2 aromatic heterocycles. The molecule has 40 heavy (non-hydrogen) atoms. The lowest BCUT2D eigenvalue weighted by Crippen LogP contribution is -2.35. The Morgan fingerprint density at radius 2 is 1.88 bits per heavy atom. The fourth-order valence-electron chi connectivity index (χ4n) is 5.49. The normalized spacial score (nSPS) is 17.9. The molecule has 2 unspecified atom stereocenters. The first-order valence-corrected chi connectivity index (χ1v) is 14.3. The first-order chi connectivity index (χ1) is 19.4. The van der Waals surface area contributed by atoms with Crippen LogP contribution in [0.3, 0.4) is 0 Å². The van der Waals surface area contributed by atoms with Crippen LogP contribution in [0, 0.1) is 6.92 Å². The van der Waals surface area contributed by atoms with Crippen molar-refractivity contribution < 1.29 is 14.3 Å². The Morgan fingerprint density at radius 1 is 1.10 bits per heavy atom. The van der Waals surface area contributed by atoms with Gasteiger partial charge in [-0.1, -0.05) is 31.7 Å². The first kappa shape index (κ1) is 25.9. The zero-order chi connectivity index (χ0) is 27.8. The number of carbonyl (C=O) groups excluding carboxylic acids is 2. The highest BCUT2D eigenvalue weighted by Crippen LogP contribution is 2.48. The van der Waals surface area contributed by atoms with E-state index in [0.29, 0.717) is 12.2 Å². The summed E-state index contributed by atoms with van der Waals surface area (Å²) in [4.78, 5) is 33.4. The molecule has 0 spiro atoms. The molecule has 1 aliphatic heterocycles. The summed E-state index contributed by atoms with van der Waals surface area (Å²) in [6.07, 6.45) is 4.95. The molecule has 204 valence electrons. The number of hydrogen-bond donors (Lipinski definition) is 3. The Bertz CT molecular complexity index is 1620. The number of amides is 3. The van der Waals surface area contributed by atoms with E-state index in [-0.39, 0.29) is 24.0 Å². The number of hydrogen-bond acceptors (Lipinski definition) is 6. The van der Waals surface area contributed by atoms with Crippen LogP contribution in [0.25, 0.3) is 15.9 Å². The predicted molar refractivity (Wildman–Crippen MR) is 161 cm³/mol. The van der Waals surface area contributed by atoms with E-state index < -0.39 is 0 Å². The number of para-hydroxylation sites is 1. The van der Waals surface area contributed by atoms with Gasteiger partial charge in [0, 0.05) is 30.4 Å². The van der Waals surface area contributed by atoms with Crippen LogP contribution in [-0.4, -0.2) is 29.0 Å². The van der Waals surface area contributed by atoms with Crippen LogP contribution in [-0.2, 0) is 4.79 Å². The van der Waals surface area contributed by atoms with Crippen LogP contribution in [0.2, 0.25) is 0 Å². The van der Waals surface area contributed by atoms with Crippen LogP contribution in [0.4, 0.5) is 21.9 Å². The molecule has 0 radical (unpaired) electrons. The van der Waals surface area contributed by atoms with E-state index >= 15 is 0 Å². The summed E-state index contributed by atoms with van der Waals surface area (Å²) < 4.78 is 5.99. The second-order valence-corrected chi connectivity index (χ2v) is 11.2. The molecule has 2 aromatic carbocycles. The molecular weight excluding hydrogens is 522 g/mol. The van der Waals surface area contributed by atoms with Crippen molar-refractivity contribution in [2.24, 2.45) is 0 Å². The summed E-state index contributed by atoms with van der Waals surface area (Å²) in [5.41, 5.74) is 3.94. The highest BCUT2D eigenvalue weighted by Gasteiger charge is 2.33. The molecule has 2 atom stereocenters. The van der Waals surface area contributed by atoms with Crippen molar-refractivity contribution in [3.05, 3.63) is 77.8 Å². The lowest BCUT2D eigenvalue weighted by Gasteiger charge is -2.30. The summed E-state index contributed by atoms with van der Waals surface area (Å²) in [5.74, 6) is 1.54. The number of nitrogens with zero attached hydrogens (tertiary/aromatic N) is 2. The minimum atomic E-state index is -0.240. The average molecular weight is 554 g/mol. The average Bonchev–Trinajstić information content (AvgIpc) is 3.55. The molecule has 3 N–H and O–H groups in total. The lowest BCUT2D eigenvalue weighted by molar-refractivity contribution is -0.121. The Hall–Kier alpha value is -4.37. The molecule has 0 saturated heterocycles. The minimum Gasteiger partial charge on any atom is -0.457 e. The number of aryl methyl sites for hydroxylation is 1. The van der Waals surface area contributed by atoms with Crippen molar-refractivity contribution in [2.75, 3.05) is 10.2 Å². The van der Waals surface area contributed by atoms with Crippen molar-refractivity contribution in [2.45, 2.75) is 51.6 Å². The second kappa shape index (κ2) is 10.7. The first-order valence-electron chi connectivity index (χ1n) is 13.5. The lowest BCUT2D eigenvalue weighted by atomic mass is 10.1. The van der Waals surface area contributed by atoms with Gasteiger partial charge in [0.1, 0.15) is 16.3 Å². The largest absolute Gasteiger partial charge is 0.457 e. The zero-order valence-corrected chi connectivity index (χ0v) is 23.3. The van der Waals surface area contributed by atoms with E-state index in [0.717, 1.165) is 68.4 Å². The molecule has 8 nitrogen and oxygen atoms in total. The minimum absolute atomic E-state index is 0.0814. The van der Waals surface area contributed by atoms with Crippen molar-refractivity contribution >= 4 is 56.3 Å². The fraction of sp³-hybridized carbons (Fsp3) is 0.258. The second-order valence-electron chi connectivity index (χ2n) is 10.2. The van der Waals surface area contributed by atoms with Gasteiger partial charge >= 0.3 is 6.03 Å². The third-order valence-electron chi connectivity index (χ3n) is 7.41. The summed E-state index contributed by atoms with van der Waals surface area (Å²) in [6, 6.07) is 17.3. The van der Waals surface area contributed by atoms with Crippen molar-refractivity contribution in [1.29, 1.82) is 0 Å². The van der Waals surface area contributed by atoms with E-state index in [4.69, 9.17) is 4.74 Å². The van der Waals surface area contributed by atoms with Crippen LogP contribution < -0.4 is 25.6 Å². The Balaban J connectivity index is 1.26. The van der Waals surface area contributed by atoms with Crippen LogP contribution in [0.15, 0.2) is 67.4 Å². The SMILES string of the molecule is C=C(NC1CCC(NC(=O)CC)C1)c1sc2nccc3c2c1NC(=O)N3c1ccc(Oc2ccccc2)cc1C. The molecule has 6 rings (SSSR count). The molecule has 0 bridgehead atoms. The predicted octanol–water partition coefficient (Wildman–Crippen LogP) is 7.09. The van der Waals surface area contributed by atoms with Crippen molar-refractivity contribution in [3.63, 3.8) is 0 Å². The van der Waals surface area contributed by atoms with Gasteiger partial charge in [0.25, 0.3) is 0 Å². The molecule has 3 amide bonds. The highest BCUT2D eigenvalue weighted by molar-refractivity contribution is 7.20. The summed E-state index contributed by atoms with van der Waals surface area (Å²) in [6.45, 7) is 8.15. The van der Waals surface area contributed by atoms with E-state index in [2.05, 4.69) is 27.5 Å². The molecule has 4 aromatic rings. The number of rotatable bonds is 8. The molecule has 2 aliphatic rings. The Morgan fingerprint density at radius 3 is 2.62 bits per heavy atom. The maximum atomic E-state index is 13.6. The van der Waals surface area contributed by atoms with Gasteiger partial charge < -0.3 is 20.7 Å². The number of ether oxygens (including phenoxy) is 1. The molecule has 1 fully saturated rings. The van der Waals surface area contributed by atoms with Gasteiger partial charge in [-0.3, -0.25) is 9.69 Å². The number of aromatic nitrogens is 1. The Labute approximate surface area is 237 Å². The van der Waals surface area contributed by atoms with Gasteiger partial charge in [-0.15, -0.1) is 11.3 Å². The number of carbonyl (C=O) groups is 2. The van der Waals surface area contributed by atoms with Gasteiger partial charge in [0.2, 0.25) is 5.91 Å². The molecule has 3 heterocycles. The third-order valence-corrected chi connectivity index (χ3v) is 8.56. The zero-order valence-electron chi connectivity index (χ0n) is 22.5. The number of nitrogens with one attached hydrogen (secondary N) is 3. The topological polar surface area (TPSA) is 95.6 Å². The Kier molecular flexibility index (Phi) is 6.89. The summed E-state index contributed by atoms with van der Waals surface area (Å²) in [5, 5.41) is 10.7. The van der Waals surface area contributed by atoms with Crippen LogP contribution in [0.1, 0.15) is 43.0 Å². The monoisotopic (exact) mass is 553 g/mol. The molecule has 1 aliphatic carbocycles. The van der Waals surface area contributed by atoms with Gasteiger partial charge in [-0.2, -0.15) is 0 Å². The summed E-state index contributed by atoms with van der Waals surface area (Å²) in [7, 11) is 0. The van der Waals surface area contributed by atoms with Gasteiger partial charge in [-0.05, 0) is 68.1 Å². The third kappa shape index (κ3) is 4.88. The van der Waals surface area contributed by atoms with E-state index in [9.17, 15) is 9.59 Å². The van der Waals surface area contributed by atoms with E-state index in [1.807, 2.05) is 68.4 Å². The fourth-order valence-corrected chi connectivity index (χ4v) is 6.54. The number of urea groups is 1. The summed E-state index contributed by atoms with van der Waals surface area (Å²) >= 11 is 1.51. The number of benzene rings is 2. The molecular formula is C31H31N5O3S. The van der Waals surface area contributed by atoms with E-state index in [1.54, 1.807) is 11.1 Å². The number of pyridine rings is 1. The van der Waals surface area contributed by atoms with Crippen LogP contribution >= 0.6 is 11.3 Å². The van der Waals surface area contributed by atoms with Gasteiger partial charge in [0.15, 0.2) is 0 Å². The number of thiophene rings is 1. The van der Waals surface area contributed by atoms with Crippen LogP contribution in [0.5, 0.6) is 11.5 Å². The number of anilines is 3.